The molecule has 0 saturated carbocycles. The lowest BCUT2D eigenvalue weighted by molar-refractivity contribution is 0.205. The van der Waals surface area contributed by atoms with Gasteiger partial charge in [-0.3, -0.25) is 9.13 Å². The molecular weight excluding hydrogens is 618 g/mol. The minimum absolute atomic E-state index is 0.120. The zero-order valence-electron chi connectivity index (χ0n) is 26.1. The van der Waals surface area contributed by atoms with Gasteiger partial charge in [-0.2, -0.15) is 0 Å². The molecule has 0 fully saturated rings. The molecule has 0 saturated heterocycles. The average Bonchev–Trinajstić information content (AvgIpc) is 3.01. The van der Waals surface area contributed by atoms with Crippen molar-refractivity contribution in [2.75, 3.05) is 37.1 Å². The van der Waals surface area contributed by atoms with Crippen LogP contribution in [0.5, 0.6) is 0 Å². The van der Waals surface area contributed by atoms with Crippen LogP contribution in [0.3, 0.4) is 0 Å². The van der Waals surface area contributed by atoms with Crippen LogP contribution in [0.4, 0.5) is 21.0 Å². The fourth-order valence-electron chi connectivity index (χ4n) is 4.46. The van der Waals surface area contributed by atoms with Crippen molar-refractivity contribution in [1.29, 1.82) is 0 Å². The SMILES string of the molecule is CCOP(=O)(OCC)C(NC(=O)Nc1ccc(C)c(NC(=O)NC(c2ccccc2)P(=O)(OCC)OCC)c1)c1ccccc1. The second kappa shape index (κ2) is 17.3. The highest BCUT2D eigenvalue weighted by atomic mass is 31.2. The van der Waals surface area contributed by atoms with E-state index in [0.29, 0.717) is 28.1 Å². The van der Waals surface area contributed by atoms with Crippen molar-refractivity contribution in [1.82, 2.24) is 10.6 Å². The summed E-state index contributed by atoms with van der Waals surface area (Å²) in [6.45, 7) is 9.04. The van der Waals surface area contributed by atoms with Crippen LogP contribution in [-0.4, -0.2) is 38.5 Å². The van der Waals surface area contributed by atoms with E-state index in [0.717, 1.165) is 0 Å². The van der Waals surface area contributed by atoms with Crippen molar-refractivity contribution in [3.63, 3.8) is 0 Å². The first-order valence-electron chi connectivity index (χ1n) is 14.7. The Kier molecular flexibility index (Phi) is 13.8. The van der Waals surface area contributed by atoms with E-state index >= 15 is 0 Å². The Morgan fingerprint density at radius 3 is 1.42 bits per heavy atom. The van der Waals surface area contributed by atoms with Crippen LogP contribution in [0.15, 0.2) is 78.9 Å². The molecule has 0 radical (unpaired) electrons. The molecule has 4 amide bonds. The first-order valence-corrected chi connectivity index (χ1v) is 17.9. The molecule has 12 nitrogen and oxygen atoms in total. The van der Waals surface area contributed by atoms with Gasteiger partial charge in [0.2, 0.25) is 0 Å². The molecule has 0 aliphatic rings. The van der Waals surface area contributed by atoms with Gasteiger partial charge in [0, 0.05) is 11.4 Å². The summed E-state index contributed by atoms with van der Waals surface area (Å²) in [5, 5.41) is 11.0. The number of benzene rings is 3. The van der Waals surface area contributed by atoms with Crippen molar-refractivity contribution >= 4 is 38.6 Å². The minimum Gasteiger partial charge on any atom is -0.320 e. The molecule has 2 unspecified atom stereocenters. The number of aryl methyl sites for hydroxylation is 1. The summed E-state index contributed by atoms with van der Waals surface area (Å²) in [4.78, 5) is 26.5. The predicted molar refractivity (Wildman–Crippen MR) is 176 cm³/mol. The van der Waals surface area contributed by atoms with Gasteiger partial charge < -0.3 is 39.4 Å². The molecule has 45 heavy (non-hydrogen) atoms. The average molecular weight is 661 g/mol. The van der Waals surface area contributed by atoms with Gasteiger partial charge in [0.15, 0.2) is 11.6 Å². The maximum Gasteiger partial charge on any atom is 0.357 e. The van der Waals surface area contributed by atoms with E-state index in [2.05, 4.69) is 21.3 Å². The van der Waals surface area contributed by atoms with Gasteiger partial charge in [-0.05, 0) is 63.4 Å². The number of carbonyl (C=O) groups excluding carboxylic acids is 2. The van der Waals surface area contributed by atoms with Crippen LogP contribution in [0.2, 0.25) is 0 Å². The van der Waals surface area contributed by atoms with Gasteiger partial charge in [-0.15, -0.1) is 0 Å². The lowest BCUT2D eigenvalue weighted by atomic mass is 10.2. The Balaban J connectivity index is 1.81. The summed E-state index contributed by atoms with van der Waals surface area (Å²) in [6.07, 6.45) is 0. The molecule has 14 heteroatoms. The number of nitrogens with one attached hydrogen (secondary N) is 4. The lowest BCUT2D eigenvalue weighted by Crippen LogP contribution is -2.34. The first-order chi connectivity index (χ1) is 21.6. The molecule has 0 aromatic heterocycles. The molecule has 3 aromatic rings. The molecule has 0 heterocycles. The first kappa shape index (κ1) is 36.0. The van der Waals surface area contributed by atoms with Gasteiger partial charge in [-0.1, -0.05) is 66.7 Å². The predicted octanol–water partition coefficient (Wildman–Crippen LogP) is 8.17. The number of urea groups is 2. The smallest absolute Gasteiger partial charge is 0.320 e. The van der Waals surface area contributed by atoms with E-state index in [9.17, 15) is 18.7 Å². The van der Waals surface area contributed by atoms with Crippen LogP contribution >= 0.6 is 15.2 Å². The highest BCUT2D eigenvalue weighted by Gasteiger charge is 2.39. The van der Waals surface area contributed by atoms with E-state index < -0.39 is 38.8 Å². The van der Waals surface area contributed by atoms with Crippen LogP contribution in [-0.2, 0) is 27.2 Å². The van der Waals surface area contributed by atoms with Gasteiger partial charge in [0.1, 0.15) is 0 Å². The molecular formula is C31H42N4O8P2. The fourth-order valence-corrected chi connectivity index (χ4v) is 8.27. The van der Waals surface area contributed by atoms with Crippen LogP contribution in [0, 0.1) is 6.92 Å². The molecule has 244 valence electrons. The maximum atomic E-state index is 13.7. The Bertz CT molecular complexity index is 1470. The summed E-state index contributed by atoms with van der Waals surface area (Å²) in [5.74, 6) is -2.15. The topological polar surface area (TPSA) is 153 Å². The summed E-state index contributed by atoms with van der Waals surface area (Å²) in [5.41, 5.74) is 2.52. The largest absolute Gasteiger partial charge is 0.357 e. The van der Waals surface area contributed by atoms with Crippen molar-refractivity contribution in [3.05, 3.63) is 95.6 Å². The van der Waals surface area contributed by atoms with Crippen molar-refractivity contribution in [2.45, 2.75) is 46.2 Å². The van der Waals surface area contributed by atoms with Gasteiger partial charge in [-0.25, -0.2) is 9.59 Å². The van der Waals surface area contributed by atoms with E-state index in [4.69, 9.17) is 18.1 Å². The zero-order chi connectivity index (χ0) is 32.9. The highest BCUT2D eigenvalue weighted by molar-refractivity contribution is 7.54. The van der Waals surface area contributed by atoms with E-state index in [-0.39, 0.29) is 26.4 Å². The van der Waals surface area contributed by atoms with Crippen LogP contribution in [0.1, 0.15) is 56.0 Å². The molecule has 0 aliphatic carbocycles. The van der Waals surface area contributed by atoms with Crippen molar-refractivity contribution in [2.24, 2.45) is 0 Å². The monoisotopic (exact) mass is 660 g/mol. The molecule has 4 N–H and O–H groups in total. The number of carbonyl (C=O) groups is 2. The molecule has 0 bridgehead atoms. The summed E-state index contributed by atoms with van der Waals surface area (Å²) in [6, 6.07) is 21.2. The van der Waals surface area contributed by atoms with Gasteiger partial charge >= 0.3 is 27.3 Å². The fraction of sp³-hybridized carbons (Fsp3) is 0.355. The quantitative estimate of drug-likeness (QED) is 0.112. The molecule has 3 rings (SSSR count). The Morgan fingerprint density at radius 1 is 0.622 bits per heavy atom. The molecule has 0 aliphatic heterocycles. The Hall–Kier alpha value is -3.50. The summed E-state index contributed by atoms with van der Waals surface area (Å²) >= 11 is 0. The van der Waals surface area contributed by atoms with E-state index in [1.54, 1.807) is 113 Å². The number of rotatable bonds is 16. The zero-order valence-corrected chi connectivity index (χ0v) is 27.9. The number of hydrogen-bond donors (Lipinski definition) is 4. The number of hydrogen-bond acceptors (Lipinski definition) is 8. The third kappa shape index (κ3) is 9.99. The third-order valence-electron chi connectivity index (χ3n) is 6.38. The lowest BCUT2D eigenvalue weighted by Gasteiger charge is -2.28. The molecule has 3 aromatic carbocycles. The normalized spacial score (nSPS) is 13.0. The number of anilines is 2. The standard InChI is InChI=1S/C31H42N4O8P2/c1-6-40-44(38,41-7-2)28(24-16-12-10-13-17-24)34-30(36)32-26-21-20-23(5)27(22-26)33-31(37)35-29(25-18-14-11-15-19-25)45(39,42-8-3)43-9-4/h10-22,28-29H,6-9H2,1-5H3,(H2,32,34,36)(H2,33,35,37). The third-order valence-corrected chi connectivity index (χ3v) is 11.0. The molecule has 0 spiro atoms. The van der Waals surface area contributed by atoms with Crippen LogP contribution < -0.4 is 21.3 Å². The minimum atomic E-state index is -3.79. The molecule has 2 atom stereocenters. The van der Waals surface area contributed by atoms with Gasteiger partial charge in [0.05, 0.1) is 26.4 Å². The summed E-state index contributed by atoms with van der Waals surface area (Å²) in [7, 11) is -7.58. The second-order valence-corrected chi connectivity index (χ2v) is 13.8. The van der Waals surface area contributed by atoms with Gasteiger partial charge in [0.25, 0.3) is 0 Å². The maximum absolute atomic E-state index is 13.7. The van der Waals surface area contributed by atoms with Crippen molar-refractivity contribution in [3.8, 4) is 0 Å². The second-order valence-electron chi connectivity index (χ2n) is 9.60. The highest BCUT2D eigenvalue weighted by Crippen LogP contribution is 2.60. The van der Waals surface area contributed by atoms with E-state index in [1.165, 1.54) is 0 Å². The van der Waals surface area contributed by atoms with Crippen LogP contribution in [0.25, 0.3) is 0 Å². The van der Waals surface area contributed by atoms with E-state index in [1.807, 2.05) is 0 Å². The summed E-state index contributed by atoms with van der Waals surface area (Å²) < 4.78 is 49.5. The van der Waals surface area contributed by atoms with Crippen molar-refractivity contribution < 1.29 is 36.8 Å². The Morgan fingerprint density at radius 2 is 1.02 bits per heavy atom. The number of amides is 4. The Labute approximate surface area is 264 Å².